The van der Waals surface area contributed by atoms with E-state index < -0.39 is 16.1 Å². The lowest BCUT2D eigenvalue weighted by Gasteiger charge is -2.23. The molecule has 1 atom stereocenters. The van der Waals surface area contributed by atoms with E-state index in [-0.39, 0.29) is 27.4 Å². The van der Waals surface area contributed by atoms with Crippen molar-refractivity contribution in [3.05, 3.63) is 57.6 Å². The number of nitrogens with zero attached hydrogens (tertiary/aromatic N) is 1. The van der Waals surface area contributed by atoms with Crippen LogP contribution in [0.4, 0.5) is 5.69 Å². The minimum absolute atomic E-state index is 0.0306. The molecule has 1 aliphatic heterocycles. The Morgan fingerprint density at radius 1 is 1.07 bits per heavy atom. The maximum absolute atomic E-state index is 13.0. The van der Waals surface area contributed by atoms with Gasteiger partial charge < -0.3 is 5.32 Å². The van der Waals surface area contributed by atoms with Crippen molar-refractivity contribution in [2.45, 2.75) is 37.6 Å². The number of aryl methyl sites for hydroxylation is 2. The van der Waals surface area contributed by atoms with Crippen molar-refractivity contribution in [3.8, 4) is 0 Å². The molecule has 2 aromatic rings. The predicted molar refractivity (Wildman–Crippen MR) is 108 cm³/mol. The van der Waals surface area contributed by atoms with E-state index in [1.807, 2.05) is 32.0 Å². The summed E-state index contributed by atoms with van der Waals surface area (Å²) in [6.45, 7) is 4.17. The van der Waals surface area contributed by atoms with Crippen molar-refractivity contribution >= 4 is 44.8 Å². The highest BCUT2D eigenvalue weighted by Gasteiger charge is 2.39. The number of hydrogen-bond acceptors (Lipinski definition) is 3. The molecule has 144 valence electrons. The molecule has 27 heavy (non-hydrogen) atoms. The molecule has 8 heteroatoms. The van der Waals surface area contributed by atoms with Crippen LogP contribution in [0.3, 0.4) is 0 Å². The van der Waals surface area contributed by atoms with Gasteiger partial charge in [-0.2, -0.15) is 4.31 Å². The van der Waals surface area contributed by atoms with E-state index in [4.69, 9.17) is 23.2 Å². The molecule has 1 fully saturated rings. The first-order chi connectivity index (χ1) is 12.7. The average Bonchev–Trinajstić information content (AvgIpc) is 3.07. The second kappa shape index (κ2) is 7.80. The number of sulfonamides is 1. The van der Waals surface area contributed by atoms with Crippen LogP contribution < -0.4 is 5.32 Å². The van der Waals surface area contributed by atoms with Crippen LogP contribution in [0.25, 0.3) is 0 Å². The summed E-state index contributed by atoms with van der Waals surface area (Å²) in [5.41, 5.74) is 2.71. The number of carbonyl (C=O) groups is 1. The Morgan fingerprint density at radius 3 is 2.37 bits per heavy atom. The molecular formula is C19H20Cl2N2O3S. The largest absolute Gasteiger partial charge is 0.325 e. The molecule has 1 amide bonds. The van der Waals surface area contributed by atoms with Gasteiger partial charge in [-0.3, -0.25) is 4.79 Å². The molecule has 2 aromatic carbocycles. The second-order valence-corrected chi connectivity index (χ2v) is 9.42. The van der Waals surface area contributed by atoms with Gasteiger partial charge in [0, 0.05) is 12.2 Å². The Hall–Kier alpha value is -1.60. The van der Waals surface area contributed by atoms with Crippen LogP contribution >= 0.6 is 23.2 Å². The molecule has 1 heterocycles. The molecule has 0 spiro atoms. The summed E-state index contributed by atoms with van der Waals surface area (Å²) in [6, 6.07) is 9.13. The highest BCUT2D eigenvalue weighted by atomic mass is 35.5. The monoisotopic (exact) mass is 426 g/mol. The predicted octanol–water partition coefficient (Wildman–Crippen LogP) is 4.40. The molecule has 1 saturated heterocycles. The molecule has 1 aliphatic rings. The van der Waals surface area contributed by atoms with Crippen molar-refractivity contribution in [1.82, 2.24) is 4.31 Å². The summed E-state index contributed by atoms with van der Waals surface area (Å²) >= 11 is 11.8. The third kappa shape index (κ3) is 4.29. The van der Waals surface area contributed by atoms with Gasteiger partial charge in [0.05, 0.1) is 14.9 Å². The molecule has 1 N–H and O–H groups in total. The zero-order valence-corrected chi connectivity index (χ0v) is 17.3. The van der Waals surface area contributed by atoms with E-state index in [0.29, 0.717) is 18.5 Å². The van der Waals surface area contributed by atoms with Crippen molar-refractivity contribution in [2.75, 3.05) is 11.9 Å². The zero-order valence-electron chi connectivity index (χ0n) is 15.0. The van der Waals surface area contributed by atoms with Crippen LogP contribution in [0, 0.1) is 13.8 Å². The van der Waals surface area contributed by atoms with Crippen LogP contribution in [0.2, 0.25) is 10.0 Å². The standard InChI is InChI=1S/C19H20Cl2N2O3S/c1-12-8-13(2)10-14(9-12)22-19(24)18-4-3-7-23(18)27(25,26)15-5-6-16(20)17(21)11-15/h5-6,8-11,18H,3-4,7H2,1-2H3,(H,22,24)/t18-/m0/s1. The molecule has 0 unspecified atom stereocenters. The average molecular weight is 427 g/mol. The molecule has 3 rings (SSSR count). The van der Waals surface area contributed by atoms with Gasteiger partial charge in [-0.05, 0) is 68.1 Å². The van der Waals surface area contributed by atoms with Gasteiger partial charge in [-0.15, -0.1) is 0 Å². The molecule has 0 aliphatic carbocycles. The lowest BCUT2D eigenvalue weighted by molar-refractivity contribution is -0.119. The molecule has 5 nitrogen and oxygen atoms in total. The smallest absolute Gasteiger partial charge is 0.243 e. The number of halogens is 2. The Labute approximate surface area is 169 Å². The van der Waals surface area contributed by atoms with Gasteiger partial charge in [0.1, 0.15) is 6.04 Å². The van der Waals surface area contributed by atoms with Crippen molar-refractivity contribution in [3.63, 3.8) is 0 Å². The maximum atomic E-state index is 13.0. The number of hydrogen-bond donors (Lipinski definition) is 1. The van der Waals surface area contributed by atoms with Crippen molar-refractivity contribution < 1.29 is 13.2 Å². The number of benzene rings is 2. The first-order valence-electron chi connectivity index (χ1n) is 8.54. The van der Waals surface area contributed by atoms with Crippen LogP contribution in [-0.2, 0) is 14.8 Å². The van der Waals surface area contributed by atoms with Crippen LogP contribution in [0.1, 0.15) is 24.0 Å². The minimum atomic E-state index is -3.85. The van der Waals surface area contributed by atoms with E-state index >= 15 is 0 Å². The van der Waals surface area contributed by atoms with E-state index in [2.05, 4.69) is 5.32 Å². The summed E-state index contributed by atoms with van der Waals surface area (Å²) in [5.74, 6) is -0.332. The van der Waals surface area contributed by atoms with Gasteiger partial charge in [0.15, 0.2) is 0 Å². The fourth-order valence-corrected chi connectivity index (χ4v) is 5.38. The topological polar surface area (TPSA) is 66.5 Å². The highest BCUT2D eigenvalue weighted by Crippen LogP contribution is 2.31. The quantitative estimate of drug-likeness (QED) is 0.787. The van der Waals surface area contributed by atoms with Crippen molar-refractivity contribution in [1.29, 1.82) is 0 Å². The lowest BCUT2D eigenvalue weighted by atomic mass is 10.1. The fourth-order valence-electron chi connectivity index (χ4n) is 3.33. The number of nitrogens with one attached hydrogen (secondary N) is 1. The Bertz CT molecular complexity index is 972. The van der Waals surface area contributed by atoms with Gasteiger partial charge >= 0.3 is 0 Å². The van der Waals surface area contributed by atoms with Crippen LogP contribution in [-0.4, -0.2) is 31.2 Å². The molecule has 0 bridgehead atoms. The fraction of sp³-hybridized carbons (Fsp3) is 0.316. The third-order valence-electron chi connectivity index (χ3n) is 4.49. The number of anilines is 1. The van der Waals surface area contributed by atoms with Gasteiger partial charge in [0.25, 0.3) is 0 Å². The minimum Gasteiger partial charge on any atom is -0.325 e. The van der Waals surface area contributed by atoms with E-state index in [1.54, 1.807) is 0 Å². The summed E-state index contributed by atoms with van der Waals surface area (Å²) in [4.78, 5) is 12.8. The third-order valence-corrected chi connectivity index (χ3v) is 7.14. The summed E-state index contributed by atoms with van der Waals surface area (Å²) < 4.78 is 27.3. The number of rotatable bonds is 4. The van der Waals surface area contributed by atoms with Crippen molar-refractivity contribution in [2.24, 2.45) is 0 Å². The zero-order chi connectivity index (χ0) is 19.8. The number of amides is 1. The van der Waals surface area contributed by atoms with E-state index in [1.165, 1.54) is 22.5 Å². The summed E-state index contributed by atoms with van der Waals surface area (Å²) in [5, 5.41) is 3.29. The van der Waals surface area contributed by atoms with Gasteiger partial charge in [-0.25, -0.2) is 8.42 Å². The molecular weight excluding hydrogens is 407 g/mol. The SMILES string of the molecule is Cc1cc(C)cc(NC(=O)[C@@H]2CCCN2S(=O)(=O)c2ccc(Cl)c(Cl)c2)c1. The Kier molecular flexibility index (Phi) is 5.82. The van der Waals surface area contributed by atoms with E-state index in [9.17, 15) is 13.2 Å². The molecule has 0 aromatic heterocycles. The Balaban J connectivity index is 1.85. The summed E-state index contributed by atoms with van der Waals surface area (Å²) in [6.07, 6.45) is 1.09. The first kappa shape index (κ1) is 20.1. The Morgan fingerprint density at radius 2 is 1.74 bits per heavy atom. The van der Waals surface area contributed by atoms with Gasteiger partial charge in [-0.1, -0.05) is 29.3 Å². The normalized spacial score (nSPS) is 17.9. The van der Waals surface area contributed by atoms with Crippen LogP contribution in [0.5, 0.6) is 0 Å². The van der Waals surface area contributed by atoms with E-state index in [0.717, 1.165) is 11.1 Å². The summed E-state index contributed by atoms with van der Waals surface area (Å²) in [7, 11) is -3.85. The molecule has 0 saturated carbocycles. The lowest BCUT2D eigenvalue weighted by Crippen LogP contribution is -2.43. The first-order valence-corrected chi connectivity index (χ1v) is 10.7. The van der Waals surface area contributed by atoms with Gasteiger partial charge in [0.2, 0.25) is 15.9 Å². The number of carbonyl (C=O) groups excluding carboxylic acids is 1. The molecule has 0 radical (unpaired) electrons. The maximum Gasteiger partial charge on any atom is 0.243 e. The van der Waals surface area contributed by atoms with Crippen LogP contribution in [0.15, 0.2) is 41.3 Å². The second-order valence-electron chi connectivity index (χ2n) is 6.72. The highest BCUT2D eigenvalue weighted by molar-refractivity contribution is 7.89.